The molecule has 0 aliphatic rings. The van der Waals surface area contributed by atoms with E-state index in [0.717, 1.165) is 37.7 Å². The molecule has 0 amide bonds. The largest absolute Gasteiger partial charge is 0.0982 e. The Bertz CT molecular complexity index is 542. The minimum absolute atomic E-state index is 0.961. The first-order valence-corrected chi connectivity index (χ1v) is 11.0. The molecule has 0 aliphatic heterocycles. The molecule has 0 unspecified atom stereocenters. The molecule has 0 aromatic heterocycles. The van der Waals surface area contributed by atoms with Crippen LogP contribution in [0.2, 0.25) is 0 Å². The SMILES string of the molecule is CCCCC#C/C(C#CCCCCC)=C(\C#CCCCC)CCCCC. The van der Waals surface area contributed by atoms with Crippen LogP contribution in [0.3, 0.4) is 0 Å². The Balaban J connectivity index is 5.37. The first kappa shape index (κ1) is 24.4. The first-order valence-electron chi connectivity index (χ1n) is 11.0. The van der Waals surface area contributed by atoms with Gasteiger partial charge in [0.05, 0.1) is 5.57 Å². The summed E-state index contributed by atoms with van der Waals surface area (Å²) in [4.78, 5) is 0. The van der Waals surface area contributed by atoms with Crippen molar-refractivity contribution in [3.8, 4) is 35.5 Å². The fraction of sp³-hybridized carbons (Fsp3) is 0.692. The lowest BCUT2D eigenvalue weighted by Gasteiger charge is -2.01. The number of allylic oxidation sites excluding steroid dienone is 2. The van der Waals surface area contributed by atoms with Crippen LogP contribution in [0.5, 0.6) is 0 Å². The van der Waals surface area contributed by atoms with Crippen molar-refractivity contribution < 1.29 is 0 Å². The Kier molecular flexibility index (Phi) is 18.5. The van der Waals surface area contributed by atoms with Gasteiger partial charge in [-0.15, -0.1) is 0 Å². The predicted molar refractivity (Wildman–Crippen MR) is 118 cm³/mol. The Morgan fingerprint density at radius 2 is 0.962 bits per heavy atom. The van der Waals surface area contributed by atoms with Gasteiger partial charge in [-0.25, -0.2) is 0 Å². The number of rotatable bonds is 11. The van der Waals surface area contributed by atoms with Crippen LogP contribution in [0.25, 0.3) is 0 Å². The third-order valence-corrected chi connectivity index (χ3v) is 4.21. The Labute approximate surface area is 164 Å². The van der Waals surface area contributed by atoms with Crippen molar-refractivity contribution in [1.82, 2.24) is 0 Å². The molecule has 0 saturated carbocycles. The molecule has 0 atom stereocenters. The van der Waals surface area contributed by atoms with Gasteiger partial charge < -0.3 is 0 Å². The molecule has 0 heterocycles. The Morgan fingerprint density at radius 1 is 0.500 bits per heavy atom. The summed E-state index contributed by atoms with van der Waals surface area (Å²) in [5.74, 6) is 20.2. The van der Waals surface area contributed by atoms with Crippen LogP contribution < -0.4 is 0 Å². The quantitative estimate of drug-likeness (QED) is 0.262. The van der Waals surface area contributed by atoms with Crippen LogP contribution in [0.4, 0.5) is 0 Å². The zero-order valence-corrected chi connectivity index (χ0v) is 17.9. The van der Waals surface area contributed by atoms with Crippen LogP contribution in [-0.4, -0.2) is 0 Å². The topological polar surface area (TPSA) is 0 Å². The third kappa shape index (κ3) is 14.7. The normalized spacial score (nSPS) is 10.6. The lowest BCUT2D eigenvalue weighted by atomic mass is 10.0. The predicted octanol–water partition coefficient (Wildman–Crippen LogP) is 7.83. The minimum Gasteiger partial charge on any atom is -0.0982 e. The Morgan fingerprint density at radius 3 is 1.50 bits per heavy atom. The number of unbranched alkanes of at least 4 members (excludes halogenated alkanes) is 9. The van der Waals surface area contributed by atoms with Crippen molar-refractivity contribution >= 4 is 0 Å². The zero-order valence-electron chi connectivity index (χ0n) is 17.9. The molecular formula is C26H40. The van der Waals surface area contributed by atoms with E-state index < -0.39 is 0 Å². The average Bonchev–Trinajstić information content (AvgIpc) is 2.65. The van der Waals surface area contributed by atoms with Crippen molar-refractivity contribution in [2.24, 2.45) is 0 Å². The van der Waals surface area contributed by atoms with Gasteiger partial charge in [0.15, 0.2) is 0 Å². The second-order valence-electron chi connectivity index (χ2n) is 6.88. The van der Waals surface area contributed by atoms with Gasteiger partial charge in [0.25, 0.3) is 0 Å². The number of hydrogen-bond donors (Lipinski definition) is 0. The van der Waals surface area contributed by atoms with Crippen LogP contribution in [0.15, 0.2) is 11.1 Å². The maximum Gasteiger partial charge on any atom is 0.0859 e. The van der Waals surface area contributed by atoms with Gasteiger partial charge in [-0.05, 0) is 32.1 Å². The van der Waals surface area contributed by atoms with E-state index in [2.05, 4.69) is 63.2 Å². The highest BCUT2D eigenvalue weighted by molar-refractivity contribution is 5.53. The fourth-order valence-electron chi connectivity index (χ4n) is 2.45. The molecule has 0 aromatic rings. The minimum atomic E-state index is 0.961. The van der Waals surface area contributed by atoms with E-state index in [4.69, 9.17) is 0 Å². The molecule has 0 bridgehead atoms. The van der Waals surface area contributed by atoms with Gasteiger partial charge in [0, 0.05) is 24.8 Å². The van der Waals surface area contributed by atoms with Gasteiger partial charge in [-0.2, -0.15) is 0 Å². The lowest BCUT2D eigenvalue weighted by molar-refractivity contribution is 0.720. The molecule has 0 heteroatoms. The first-order chi connectivity index (χ1) is 12.8. The van der Waals surface area contributed by atoms with E-state index in [1.165, 1.54) is 63.4 Å². The summed E-state index contributed by atoms with van der Waals surface area (Å²) in [5, 5.41) is 0. The molecule has 0 aliphatic carbocycles. The van der Waals surface area contributed by atoms with E-state index in [1.807, 2.05) is 0 Å². The highest BCUT2D eigenvalue weighted by atomic mass is 14.0. The molecule has 0 radical (unpaired) electrons. The lowest BCUT2D eigenvalue weighted by Crippen LogP contribution is -1.89. The molecule has 0 aromatic carbocycles. The highest BCUT2D eigenvalue weighted by Gasteiger charge is 2.01. The Hall–Kier alpha value is -1.58. The third-order valence-electron chi connectivity index (χ3n) is 4.21. The second kappa shape index (κ2) is 19.7. The summed E-state index contributed by atoms with van der Waals surface area (Å²) in [6.45, 7) is 8.90. The average molecular weight is 353 g/mol. The molecule has 0 fully saturated rings. The number of hydrogen-bond acceptors (Lipinski definition) is 0. The van der Waals surface area contributed by atoms with Gasteiger partial charge in [-0.1, -0.05) is 102 Å². The molecule has 0 spiro atoms. The van der Waals surface area contributed by atoms with Crippen molar-refractivity contribution in [2.45, 2.75) is 118 Å². The molecule has 144 valence electrons. The van der Waals surface area contributed by atoms with Crippen molar-refractivity contribution in [3.63, 3.8) is 0 Å². The van der Waals surface area contributed by atoms with E-state index in [1.54, 1.807) is 0 Å². The maximum absolute atomic E-state index is 3.43. The summed E-state index contributed by atoms with van der Waals surface area (Å²) in [5.41, 5.74) is 2.18. The summed E-state index contributed by atoms with van der Waals surface area (Å²) in [7, 11) is 0. The van der Waals surface area contributed by atoms with Crippen molar-refractivity contribution in [1.29, 1.82) is 0 Å². The summed E-state index contributed by atoms with van der Waals surface area (Å²) in [6, 6.07) is 0. The molecule has 26 heavy (non-hydrogen) atoms. The van der Waals surface area contributed by atoms with E-state index >= 15 is 0 Å². The van der Waals surface area contributed by atoms with Gasteiger partial charge in [-0.3, -0.25) is 0 Å². The fourth-order valence-corrected chi connectivity index (χ4v) is 2.45. The van der Waals surface area contributed by atoms with Crippen LogP contribution in [0.1, 0.15) is 118 Å². The van der Waals surface area contributed by atoms with Crippen LogP contribution in [-0.2, 0) is 0 Å². The molecule has 0 N–H and O–H groups in total. The maximum atomic E-state index is 3.43. The molecule has 0 saturated heterocycles. The van der Waals surface area contributed by atoms with Gasteiger partial charge >= 0.3 is 0 Å². The molecule has 0 rings (SSSR count). The van der Waals surface area contributed by atoms with Gasteiger partial charge in [0.1, 0.15) is 0 Å². The highest BCUT2D eigenvalue weighted by Crippen LogP contribution is 2.13. The van der Waals surface area contributed by atoms with E-state index in [0.29, 0.717) is 0 Å². The van der Waals surface area contributed by atoms with Crippen molar-refractivity contribution in [2.75, 3.05) is 0 Å². The van der Waals surface area contributed by atoms with Gasteiger partial charge in [0.2, 0.25) is 0 Å². The monoisotopic (exact) mass is 352 g/mol. The summed E-state index contributed by atoms with van der Waals surface area (Å²) >= 11 is 0. The van der Waals surface area contributed by atoms with Crippen molar-refractivity contribution in [3.05, 3.63) is 11.1 Å². The summed E-state index contributed by atoms with van der Waals surface area (Å²) in [6.07, 6.45) is 16.0. The second-order valence-corrected chi connectivity index (χ2v) is 6.88. The summed E-state index contributed by atoms with van der Waals surface area (Å²) < 4.78 is 0. The molecular weight excluding hydrogens is 312 g/mol. The van der Waals surface area contributed by atoms with Crippen LogP contribution in [0, 0.1) is 35.5 Å². The van der Waals surface area contributed by atoms with E-state index in [9.17, 15) is 0 Å². The van der Waals surface area contributed by atoms with Crippen LogP contribution >= 0.6 is 0 Å². The molecule has 0 nitrogen and oxygen atoms in total. The smallest absolute Gasteiger partial charge is 0.0859 e. The van der Waals surface area contributed by atoms with E-state index in [-0.39, 0.29) is 0 Å². The zero-order chi connectivity index (χ0) is 19.3. The standard InChI is InChI=1S/C26H40/c1-5-9-13-16-20-24-26(23-19-15-11-7-3)25(21-17-12-8-4)22-18-14-10-6-2/h5-17,21H2,1-4H3/b26-25+.